The topological polar surface area (TPSA) is 102 Å². The lowest BCUT2D eigenvalue weighted by Gasteiger charge is -2.41. The van der Waals surface area contributed by atoms with Gasteiger partial charge in [0.05, 0.1) is 45.7 Å². The van der Waals surface area contributed by atoms with Crippen molar-refractivity contribution in [2.24, 2.45) is 0 Å². The first kappa shape index (κ1) is 26.7. The maximum absolute atomic E-state index is 12.2. The molecule has 1 amide bonds. The maximum atomic E-state index is 12.2. The molecule has 3 N–H and O–H groups in total. The molecule has 1 aromatic carbocycles. The van der Waals surface area contributed by atoms with E-state index in [2.05, 4.69) is 31.8 Å². The zero-order chi connectivity index (χ0) is 27.0. The molecule has 0 spiro atoms. The molecule has 1 aliphatic carbocycles. The second-order valence-electron chi connectivity index (χ2n) is 11.5. The number of nitrogen functional groups attached to an aromatic ring is 1. The number of piperazine rings is 1. The Balaban J connectivity index is 1.38. The Morgan fingerprint density at radius 3 is 2.42 bits per heavy atom. The molecule has 1 saturated heterocycles. The van der Waals surface area contributed by atoms with Gasteiger partial charge in [-0.1, -0.05) is 17.7 Å². The third-order valence-corrected chi connectivity index (χ3v) is 7.90. The number of aromatic nitrogens is 3. The number of rotatable bonds is 4. The number of halogens is 1. The van der Waals surface area contributed by atoms with Crippen molar-refractivity contribution in [1.82, 2.24) is 24.6 Å². The molecule has 2 aliphatic rings. The number of ether oxygens (including phenoxy) is 1. The van der Waals surface area contributed by atoms with Gasteiger partial charge in [0.1, 0.15) is 11.3 Å². The quantitative estimate of drug-likeness (QED) is 0.457. The van der Waals surface area contributed by atoms with Gasteiger partial charge >= 0.3 is 6.09 Å². The monoisotopic (exact) mass is 539 g/mol. The van der Waals surface area contributed by atoms with Crippen LogP contribution in [0.4, 0.5) is 16.2 Å². The largest absolute Gasteiger partial charge is 0.444 e. The number of anilines is 2. The van der Waals surface area contributed by atoms with Crippen LogP contribution in [0.25, 0.3) is 22.2 Å². The van der Waals surface area contributed by atoms with Crippen LogP contribution in [0, 0.1) is 0 Å². The first-order valence-electron chi connectivity index (χ1n) is 13.4. The number of pyridine rings is 1. The Kier molecular flexibility index (Phi) is 7.53. The first-order valence-corrected chi connectivity index (χ1v) is 13.8. The van der Waals surface area contributed by atoms with Gasteiger partial charge in [0.25, 0.3) is 0 Å². The summed E-state index contributed by atoms with van der Waals surface area (Å²) in [6.45, 7) is 10.0. The lowest BCUT2D eigenvalue weighted by Crippen LogP contribution is -2.49. The van der Waals surface area contributed by atoms with Crippen molar-refractivity contribution in [3.63, 3.8) is 0 Å². The number of carbonyl (C=O) groups is 1. The van der Waals surface area contributed by atoms with Crippen LogP contribution in [0.2, 0.25) is 5.02 Å². The number of nitrogens with two attached hydrogens (primary N) is 1. The molecule has 3 aromatic rings. The third-order valence-electron chi connectivity index (χ3n) is 7.59. The highest BCUT2D eigenvalue weighted by atomic mass is 35.5. The van der Waals surface area contributed by atoms with Crippen molar-refractivity contribution in [2.45, 2.75) is 64.1 Å². The zero-order valence-corrected chi connectivity index (χ0v) is 23.5. The Hall–Kier alpha value is -2.88. The number of amides is 1. The highest BCUT2D eigenvalue weighted by Gasteiger charge is 2.30. The number of hydrogen-bond acceptors (Lipinski definition) is 7. The standard InChI is InChI=1S/C28H38ClN7O2/c1-28(2,3)38-27(37)32-23-10-5-18(15-21(23)29)26-25-22(30)16-31-17-24(25)36(33-26)20-8-6-19(7-9-20)35-13-11-34(4)12-14-35/h5,10,15-17,19-20H,6-9,11-14,30H2,1-4H3,(H,32,37). The predicted octanol–water partition coefficient (Wildman–Crippen LogP) is 5.41. The van der Waals surface area contributed by atoms with Crippen molar-refractivity contribution < 1.29 is 9.53 Å². The van der Waals surface area contributed by atoms with Crippen LogP contribution in [0.5, 0.6) is 0 Å². The molecular formula is C28H38ClN7O2. The molecule has 0 bridgehead atoms. The lowest BCUT2D eigenvalue weighted by molar-refractivity contribution is 0.0636. The Morgan fingerprint density at radius 1 is 1.08 bits per heavy atom. The minimum absolute atomic E-state index is 0.294. The lowest BCUT2D eigenvalue weighted by atomic mass is 9.89. The molecule has 2 fully saturated rings. The number of carbonyl (C=O) groups excluding carboxylic acids is 1. The van der Waals surface area contributed by atoms with Crippen LogP contribution in [0.15, 0.2) is 30.6 Å². The van der Waals surface area contributed by atoms with Crippen LogP contribution in [0.3, 0.4) is 0 Å². The van der Waals surface area contributed by atoms with Gasteiger partial charge in [-0.2, -0.15) is 5.10 Å². The van der Waals surface area contributed by atoms with Gasteiger partial charge in [-0.25, -0.2) is 4.79 Å². The number of benzene rings is 1. The van der Waals surface area contributed by atoms with Gasteiger partial charge in [-0.15, -0.1) is 0 Å². The molecule has 9 nitrogen and oxygen atoms in total. The summed E-state index contributed by atoms with van der Waals surface area (Å²) in [7, 11) is 2.20. The number of fused-ring (bicyclic) bond motifs is 1. The summed E-state index contributed by atoms with van der Waals surface area (Å²) in [5, 5.41) is 9.08. The van der Waals surface area contributed by atoms with Gasteiger partial charge < -0.3 is 15.4 Å². The SMILES string of the molecule is CN1CCN(C2CCC(n3nc(-c4ccc(NC(=O)OC(C)(C)C)c(Cl)c4)c4c(N)cncc43)CC2)CC1. The number of likely N-dealkylation sites (N-methyl/N-ethyl adjacent to an activating group) is 1. The minimum Gasteiger partial charge on any atom is -0.444 e. The molecule has 5 rings (SSSR count). The molecule has 0 radical (unpaired) electrons. The Labute approximate surface area is 229 Å². The van der Waals surface area contributed by atoms with Gasteiger partial charge in [-0.05, 0) is 65.6 Å². The first-order chi connectivity index (χ1) is 18.1. The molecule has 10 heteroatoms. The summed E-state index contributed by atoms with van der Waals surface area (Å²) in [6.07, 6.45) is 7.44. The van der Waals surface area contributed by atoms with Crippen molar-refractivity contribution >= 4 is 40.0 Å². The van der Waals surface area contributed by atoms with E-state index < -0.39 is 11.7 Å². The number of nitrogens with zero attached hydrogens (tertiary/aromatic N) is 5. The highest BCUT2D eigenvalue weighted by molar-refractivity contribution is 6.34. The second-order valence-corrected chi connectivity index (χ2v) is 11.9. The van der Waals surface area contributed by atoms with E-state index in [1.807, 2.05) is 39.1 Å². The molecular weight excluding hydrogens is 502 g/mol. The van der Waals surface area contributed by atoms with Crippen LogP contribution in [-0.2, 0) is 4.74 Å². The van der Waals surface area contributed by atoms with E-state index in [0.717, 1.165) is 74.0 Å². The van der Waals surface area contributed by atoms with E-state index in [1.54, 1.807) is 12.3 Å². The fourth-order valence-corrected chi connectivity index (χ4v) is 5.85. The normalized spacial score (nSPS) is 21.5. The van der Waals surface area contributed by atoms with Gasteiger partial charge in [0.15, 0.2) is 0 Å². The van der Waals surface area contributed by atoms with E-state index in [9.17, 15) is 4.79 Å². The Bertz CT molecular complexity index is 1300. The van der Waals surface area contributed by atoms with Crippen LogP contribution < -0.4 is 11.1 Å². The molecule has 204 valence electrons. The smallest absolute Gasteiger partial charge is 0.412 e. The van der Waals surface area contributed by atoms with Gasteiger partial charge in [0.2, 0.25) is 0 Å². The molecule has 3 heterocycles. The highest BCUT2D eigenvalue weighted by Crippen LogP contribution is 2.39. The predicted molar refractivity (Wildman–Crippen MR) is 153 cm³/mol. The van der Waals surface area contributed by atoms with E-state index in [-0.39, 0.29) is 0 Å². The summed E-state index contributed by atoms with van der Waals surface area (Å²) in [5.74, 6) is 0. The third kappa shape index (κ3) is 5.75. The van der Waals surface area contributed by atoms with Crippen LogP contribution in [-0.4, -0.2) is 75.5 Å². The molecule has 1 saturated carbocycles. The fourth-order valence-electron chi connectivity index (χ4n) is 5.62. The van der Waals surface area contributed by atoms with Crippen LogP contribution >= 0.6 is 11.6 Å². The maximum Gasteiger partial charge on any atom is 0.412 e. The van der Waals surface area contributed by atoms with E-state index in [1.165, 1.54) is 0 Å². The van der Waals surface area contributed by atoms with E-state index in [4.69, 9.17) is 27.2 Å². The average molecular weight is 540 g/mol. The van der Waals surface area contributed by atoms with Crippen LogP contribution in [0.1, 0.15) is 52.5 Å². The summed E-state index contributed by atoms with van der Waals surface area (Å²) in [6, 6.07) is 6.42. The summed E-state index contributed by atoms with van der Waals surface area (Å²) >= 11 is 6.58. The van der Waals surface area contributed by atoms with Crippen molar-refractivity contribution in [2.75, 3.05) is 44.3 Å². The van der Waals surface area contributed by atoms with Gasteiger partial charge in [0, 0.05) is 37.8 Å². The van der Waals surface area contributed by atoms with E-state index >= 15 is 0 Å². The molecule has 1 aliphatic heterocycles. The van der Waals surface area contributed by atoms with Crippen molar-refractivity contribution in [1.29, 1.82) is 0 Å². The summed E-state index contributed by atoms with van der Waals surface area (Å²) < 4.78 is 7.47. The number of nitrogens with one attached hydrogen (secondary N) is 1. The minimum atomic E-state index is -0.600. The van der Waals surface area contributed by atoms with Crippen molar-refractivity contribution in [3.8, 4) is 11.3 Å². The average Bonchev–Trinajstić information content (AvgIpc) is 3.26. The van der Waals surface area contributed by atoms with Gasteiger partial charge in [-0.3, -0.25) is 19.9 Å². The fraction of sp³-hybridized carbons (Fsp3) is 0.536. The zero-order valence-electron chi connectivity index (χ0n) is 22.7. The molecule has 38 heavy (non-hydrogen) atoms. The Morgan fingerprint density at radius 2 is 1.76 bits per heavy atom. The van der Waals surface area contributed by atoms with Crippen molar-refractivity contribution in [3.05, 3.63) is 35.6 Å². The summed E-state index contributed by atoms with van der Waals surface area (Å²) in [4.78, 5) is 21.7. The molecule has 0 atom stereocenters. The second kappa shape index (κ2) is 10.7. The summed E-state index contributed by atoms with van der Waals surface area (Å²) in [5.41, 5.74) is 9.43. The van der Waals surface area contributed by atoms with E-state index in [0.29, 0.717) is 28.5 Å². The molecule has 0 unspecified atom stereocenters. The molecule has 2 aromatic heterocycles. The number of hydrogen-bond donors (Lipinski definition) is 2.